The third-order valence-corrected chi connectivity index (χ3v) is 5.00. The summed E-state index contributed by atoms with van der Waals surface area (Å²) in [5.74, 6) is -0.984. The van der Waals surface area contributed by atoms with Crippen LogP contribution in [0.15, 0.2) is 12.1 Å². The van der Waals surface area contributed by atoms with Gasteiger partial charge in [-0.2, -0.15) is 13.2 Å². The van der Waals surface area contributed by atoms with Gasteiger partial charge in [-0.25, -0.2) is 18.7 Å². The maximum absolute atomic E-state index is 13.1. The van der Waals surface area contributed by atoms with E-state index in [0.717, 1.165) is 18.6 Å². The van der Waals surface area contributed by atoms with Gasteiger partial charge in [0.25, 0.3) is 0 Å². The molecular weight excluding hydrogens is 387 g/mol. The number of hydrogen-bond donors (Lipinski definition) is 2. The second-order valence-electron chi connectivity index (χ2n) is 7.37. The van der Waals surface area contributed by atoms with Crippen molar-refractivity contribution in [1.29, 1.82) is 0 Å². The topological polar surface area (TPSA) is 80.0 Å². The fourth-order valence-electron chi connectivity index (χ4n) is 3.22. The number of carbonyl (C=O) groups excluding carboxylic acids is 1. The Hall–Kier alpha value is -2.30. The third kappa shape index (κ3) is 3.67. The van der Waals surface area contributed by atoms with Crippen LogP contribution in [-0.4, -0.2) is 44.5 Å². The van der Waals surface area contributed by atoms with E-state index in [1.54, 1.807) is 6.92 Å². The number of nitrogens with zero attached hydrogens (tertiary/aromatic N) is 3. The van der Waals surface area contributed by atoms with E-state index in [0.29, 0.717) is 12.8 Å². The minimum Gasteiger partial charge on any atom is -0.384 e. The minimum atomic E-state index is -4.65. The van der Waals surface area contributed by atoms with Crippen LogP contribution in [0.25, 0.3) is 11.2 Å². The van der Waals surface area contributed by atoms with E-state index in [2.05, 4.69) is 15.3 Å². The average Bonchev–Trinajstić information content (AvgIpc) is 2.95. The highest BCUT2D eigenvalue weighted by Gasteiger charge is 2.40. The number of nitrogens with one attached hydrogen (secondary N) is 1. The average molecular weight is 406 g/mol. The first-order valence-corrected chi connectivity index (χ1v) is 8.63. The predicted octanol–water partition coefficient (Wildman–Crippen LogP) is 3.35. The van der Waals surface area contributed by atoms with Gasteiger partial charge in [-0.3, -0.25) is 14.7 Å². The Morgan fingerprint density at radius 2 is 1.89 bits per heavy atom. The molecule has 3 rings (SSSR count). The number of pyridine rings is 1. The third-order valence-electron chi connectivity index (χ3n) is 5.00. The van der Waals surface area contributed by atoms with Crippen molar-refractivity contribution in [2.24, 2.45) is 0 Å². The first kappa shape index (κ1) is 20.4. The lowest BCUT2D eigenvalue weighted by Gasteiger charge is -2.40. The van der Waals surface area contributed by atoms with Gasteiger partial charge in [0.1, 0.15) is 30.2 Å². The molecule has 0 atom stereocenters. The number of anilines is 1. The lowest BCUT2D eigenvalue weighted by Crippen LogP contribution is -2.41. The van der Waals surface area contributed by atoms with Gasteiger partial charge >= 0.3 is 6.18 Å². The Morgan fingerprint density at radius 1 is 1.25 bits per heavy atom. The number of amides is 1. The summed E-state index contributed by atoms with van der Waals surface area (Å²) in [6, 6.07) is 1.94. The predicted molar refractivity (Wildman–Crippen MR) is 90.2 cm³/mol. The number of fused-ring (bicyclic) bond motifs is 1. The van der Waals surface area contributed by atoms with Crippen molar-refractivity contribution >= 4 is 23.0 Å². The summed E-state index contributed by atoms with van der Waals surface area (Å²) in [7, 11) is 0. The summed E-state index contributed by atoms with van der Waals surface area (Å²) in [5, 5.41) is 12.0. The summed E-state index contributed by atoms with van der Waals surface area (Å²) < 4.78 is 66.2. The van der Waals surface area contributed by atoms with Gasteiger partial charge < -0.3 is 5.11 Å². The number of halogens is 5. The number of imidazole rings is 1. The van der Waals surface area contributed by atoms with Gasteiger partial charge in [-0.1, -0.05) is 0 Å². The molecule has 6 nitrogen and oxygen atoms in total. The van der Waals surface area contributed by atoms with E-state index in [-0.39, 0.29) is 17.1 Å². The summed E-state index contributed by atoms with van der Waals surface area (Å²) in [4.78, 5) is 20.0. The number of carbonyl (C=O) groups is 1. The largest absolute Gasteiger partial charge is 0.433 e. The highest BCUT2D eigenvalue weighted by molar-refractivity contribution is 5.91. The molecule has 154 valence electrons. The molecule has 1 aliphatic rings. The molecule has 2 aromatic heterocycles. The fourth-order valence-corrected chi connectivity index (χ4v) is 3.22. The molecule has 1 amide bonds. The van der Waals surface area contributed by atoms with Crippen molar-refractivity contribution in [3.05, 3.63) is 17.8 Å². The van der Waals surface area contributed by atoms with Crippen LogP contribution in [0, 0.1) is 0 Å². The van der Waals surface area contributed by atoms with Crippen molar-refractivity contribution in [1.82, 2.24) is 14.5 Å². The molecule has 2 aromatic rings. The van der Waals surface area contributed by atoms with Crippen molar-refractivity contribution in [2.45, 2.75) is 49.9 Å². The van der Waals surface area contributed by atoms with Crippen molar-refractivity contribution in [2.75, 3.05) is 18.7 Å². The number of hydrogen-bond acceptors (Lipinski definition) is 4. The van der Waals surface area contributed by atoms with Crippen LogP contribution in [0.1, 0.15) is 38.3 Å². The van der Waals surface area contributed by atoms with E-state index in [1.165, 1.54) is 4.57 Å². The quantitative estimate of drug-likeness (QED) is 0.721. The summed E-state index contributed by atoms with van der Waals surface area (Å²) >= 11 is 0. The summed E-state index contributed by atoms with van der Waals surface area (Å²) in [5.41, 5.74) is -4.05. The number of aromatic nitrogens is 3. The Morgan fingerprint density at radius 3 is 2.39 bits per heavy atom. The smallest absolute Gasteiger partial charge is 0.384 e. The van der Waals surface area contributed by atoms with Crippen LogP contribution in [0.2, 0.25) is 0 Å². The lowest BCUT2D eigenvalue weighted by atomic mass is 9.78. The Labute approximate surface area is 156 Å². The Bertz CT molecular complexity index is 888. The Balaban J connectivity index is 2.02. The molecule has 0 saturated heterocycles. The maximum Gasteiger partial charge on any atom is 0.433 e. The van der Waals surface area contributed by atoms with Crippen LogP contribution in [0.4, 0.5) is 27.9 Å². The van der Waals surface area contributed by atoms with Crippen molar-refractivity contribution in [3.8, 4) is 0 Å². The van der Waals surface area contributed by atoms with Crippen LogP contribution < -0.4 is 5.32 Å². The molecule has 1 aliphatic carbocycles. The standard InChI is InChI=1S/C17H19F5N4O2/c1-15(5-2-6-15)26-13-10(3-4-11(24-13)17(20,21)22)23-14(26)25-12(27)7-16(28,8-18)9-19/h3-4,28H,2,5-9H2,1H3,(H,23,25,27). The zero-order valence-corrected chi connectivity index (χ0v) is 15.0. The van der Waals surface area contributed by atoms with Gasteiger partial charge in [0.05, 0.1) is 6.42 Å². The van der Waals surface area contributed by atoms with E-state index in [9.17, 15) is 31.9 Å². The zero-order chi connectivity index (χ0) is 20.7. The molecule has 0 spiro atoms. The maximum atomic E-state index is 13.1. The zero-order valence-electron chi connectivity index (χ0n) is 15.0. The second-order valence-corrected chi connectivity index (χ2v) is 7.37. The lowest BCUT2D eigenvalue weighted by molar-refractivity contribution is -0.141. The van der Waals surface area contributed by atoms with Gasteiger partial charge in [-0.05, 0) is 38.3 Å². The molecule has 1 fully saturated rings. The molecule has 0 bridgehead atoms. The molecule has 0 aromatic carbocycles. The van der Waals surface area contributed by atoms with Gasteiger partial charge in [0.2, 0.25) is 11.9 Å². The van der Waals surface area contributed by atoms with Gasteiger partial charge in [0, 0.05) is 5.54 Å². The monoisotopic (exact) mass is 406 g/mol. The van der Waals surface area contributed by atoms with Crippen molar-refractivity contribution < 1.29 is 31.9 Å². The Kier molecular flexibility index (Phi) is 5.07. The fraction of sp³-hybridized carbons (Fsp3) is 0.588. The molecule has 28 heavy (non-hydrogen) atoms. The van der Waals surface area contributed by atoms with E-state index in [1.807, 2.05) is 0 Å². The molecule has 2 N–H and O–H groups in total. The molecule has 0 radical (unpaired) electrons. The first-order chi connectivity index (χ1) is 13.0. The first-order valence-electron chi connectivity index (χ1n) is 8.63. The highest BCUT2D eigenvalue weighted by Crippen LogP contribution is 2.43. The molecule has 0 aliphatic heterocycles. The van der Waals surface area contributed by atoms with Crippen LogP contribution in [0.5, 0.6) is 0 Å². The summed E-state index contributed by atoms with van der Waals surface area (Å²) in [6.07, 6.45) is -3.39. The molecule has 11 heteroatoms. The van der Waals surface area contributed by atoms with Crippen LogP contribution in [-0.2, 0) is 16.5 Å². The van der Waals surface area contributed by atoms with E-state index < -0.39 is 48.7 Å². The van der Waals surface area contributed by atoms with Crippen LogP contribution >= 0.6 is 0 Å². The molecule has 0 unspecified atom stereocenters. The van der Waals surface area contributed by atoms with Gasteiger partial charge in [0.15, 0.2) is 5.65 Å². The molecular formula is C17H19F5N4O2. The number of rotatable bonds is 6. The van der Waals surface area contributed by atoms with E-state index in [4.69, 9.17) is 0 Å². The van der Waals surface area contributed by atoms with E-state index >= 15 is 0 Å². The summed E-state index contributed by atoms with van der Waals surface area (Å²) in [6.45, 7) is -1.11. The number of aliphatic hydroxyl groups is 1. The van der Waals surface area contributed by atoms with Crippen molar-refractivity contribution in [3.63, 3.8) is 0 Å². The molecule has 2 heterocycles. The normalized spacial score (nSPS) is 16.8. The van der Waals surface area contributed by atoms with Crippen LogP contribution in [0.3, 0.4) is 0 Å². The SMILES string of the molecule is CC1(n2c(NC(=O)CC(O)(CF)CF)nc3ccc(C(F)(F)F)nc32)CCC1. The highest BCUT2D eigenvalue weighted by atomic mass is 19.4. The molecule has 1 saturated carbocycles. The second kappa shape index (κ2) is 6.94. The van der Waals surface area contributed by atoms with Gasteiger partial charge in [-0.15, -0.1) is 0 Å². The number of alkyl halides is 5. The minimum absolute atomic E-state index is 0.0430.